The van der Waals surface area contributed by atoms with Crippen LogP contribution in [-0.2, 0) is 28.4 Å². The van der Waals surface area contributed by atoms with E-state index in [-0.39, 0.29) is 56.5 Å². The molecule has 676 valence electrons. The van der Waals surface area contributed by atoms with Crippen molar-refractivity contribution < 1.29 is 114 Å². The molecule has 4 aromatic heterocycles. The molecule has 30 nitrogen and oxygen atoms in total. The Labute approximate surface area is 739 Å². The topological polar surface area (TPSA) is 326 Å². The summed E-state index contributed by atoms with van der Waals surface area (Å²) in [6.45, 7) is 26.9. The standard InChI is InChI=1S/C24H32BN2O6.C24H32N2O6.C19H24N2O4.C16H19NO6.C9H15BO.ClH/c1-23(2,3)33-22(29)26-14-17(16-12-19(30-4)20(31-5)13-18(16)26)21(28)32-15-24-6-9-27(25,10-7-24)11-8-24;1-23(2,3)32-22(28)26-14-17(16-12-19(29-4)20(30-5)13-18(16)26)21(27)31-15-24-6-9-25(10-7-24)11-8-24;1-23-16-9-13-14(11-20-15(13)10-17(16)24-2)18(22)25-12-19-3-6-21(7-4-19)8-5-19;1-16(2,3)23-15(20)17-8-10(14(18)19)9-6-12(21-4)13(22-5)7-11(9)17;10-9-4-1-8(7-11,2-5-9)3-6-9;/h12-14H,6-11,15H2,1-5H3;12-14H,6-11,15H2,1-5H3;9-11,20H,3-8,12H2,1-2H3;6-8H,1-5H3,(H,18,19);11H,1-7H2;1H/q+1;;;;;. The summed E-state index contributed by atoms with van der Waals surface area (Å²) in [5.74, 6) is 1.46. The highest BCUT2D eigenvalue weighted by Crippen LogP contribution is 2.59. The summed E-state index contributed by atoms with van der Waals surface area (Å²) >= 11 is 0. The number of carboxylic acids is 1. The number of halogens is 1. The number of esters is 3. The first kappa shape index (κ1) is 95.6. The zero-order valence-electron chi connectivity index (χ0n) is 75.4. The van der Waals surface area contributed by atoms with E-state index >= 15 is 0 Å². The molecule has 9 aliphatic heterocycles. The number of hydrogen-bond donors (Lipinski definition) is 3. The Bertz CT molecular complexity index is 5190. The van der Waals surface area contributed by atoms with Crippen LogP contribution >= 0.6 is 12.4 Å². The highest BCUT2D eigenvalue weighted by molar-refractivity contribution is 6.15. The number of ether oxygens (including phenoxy) is 14. The second-order valence-corrected chi connectivity index (χ2v) is 37.7. The molecule has 3 saturated carbocycles. The number of aliphatic hydroxyl groups is 1. The number of benzene rings is 4. The maximum absolute atomic E-state index is 13.2. The van der Waals surface area contributed by atoms with Gasteiger partial charge in [-0.1, -0.05) is 24.6 Å². The van der Waals surface area contributed by atoms with Crippen LogP contribution in [0, 0.1) is 21.7 Å². The molecule has 3 N–H and O–H groups in total. The molecule has 9 saturated heterocycles. The number of aliphatic hydroxyl groups excluding tert-OH is 1. The Morgan fingerprint density at radius 3 is 0.976 bits per heavy atom. The summed E-state index contributed by atoms with van der Waals surface area (Å²) in [5.41, 5.74) is 1.71. The van der Waals surface area contributed by atoms with Crippen LogP contribution in [0.4, 0.5) is 14.4 Å². The number of aromatic carboxylic acids is 1. The first-order chi connectivity index (χ1) is 58.6. The summed E-state index contributed by atoms with van der Waals surface area (Å²) in [4.78, 5) is 96.7. The first-order valence-electron chi connectivity index (χ1n) is 42.6. The van der Waals surface area contributed by atoms with Gasteiger partial charge in [-0.25, -0.2) is 33.6 Å². The van der Waals surface area contributed by atoms with Gasteiger partial charge < -0.3 is 95.7 Å². The Kier molecular flexibility index (Phi) is 29.3. The molecular formula is C92H123B2ClN7O23+. The Hall–Kier alpha value is -10.0. The zero-order valence-corrected chi connectivity index (χ0v) is 76.3. The maximum atomic E-state index is 13.2. The molecule has 13 heterocycles. The zero-order chi connectivity index (χ0) is 89.9. The number of carbonyl (C=O) groups excluding carboxylic acids is 6. The second-order valence-electron chi connectivity index (χ2n) is 37.7. The van der Waals surface area contributed by atoms with Crippen LogP contribution in [0.3, 0.4) is 0 Å². The number of hydrogen-bond acceptors (Lipinski definition) is 24. The summed E-state index contributed by atoms with van der Waals surface area (Å²) < 4.78 is 80.9. The minimum Gasteiger partial charge on any atom is -0.493 e. The number of carbonyl (C=O) groups is 7. The van der Waals surface area contributed by atoms with Crippen LogP contribution in [-0.4, -0.2) is 260 Å². The minimum atomic E-state index is -1.15. The lowest BCUT2D eigenvalue weighted by molar-refractivity contribution is -0.839. The summed E-state index contributed by atoms with van der Waals surface area (Å²) in [6.07, 6.45) is 20.3. The van der Waals surface area contributed by atoms with Crippen LogP contribution in [0.2, 0.25) is 5.31 Å². The summed E-state index contributed by atoms with van der Waals surface area (Å²) in [6, 6.07) is 13.4. The van der Waals surface area contributed by atoms with Gasteiger partial charge in [-0.3, -0.25) is 13.7 Å². The maximum Gasteiger partial charge on any atom is 0.481 e. The Morgan fingerprint density at radius 2 is 0.672 bits per heavy atom. The van der Waals surface area contributed by atoms with Crippen molar-refractivity contribution in [3.8, 4) is 46.0 Å². The number of nitrogens with one attached hydrogen (secondary N) is 1. The lowest BCUT2D eigenvalue weighted by atomic mass is 9.47. The third-order valence-electron chi connectivity index (χ3n) is 26.1. The quantitative estimate of drug-likeness (QED) is 0.0385. The van der Waals surface area contributed by atoms with Gasteiger partial charge >= 0.3 is 50.1 Å². The molecule has 12 aliphatic rings. The number of piperidine rings is 9. The van der Waals surface area contributed by atoms with E-state index in [0.29, 0.717) is 121 Å². The van der Waals surface area contributed by atoms with Crippen molar-refractivity contribution in [1.82, 2.24) is 28.5 Å². The van der Waals surface area contributed by atoms with Gasteiger partial charge in [-0.15, -0.1) is 12.4 Å². The van der Waals surface area contributed by atoms with Crippen molar-refractivity contribution >= 4 is 114 Å². The van der Waals surface area contributed by atoms with Crippen molar-refractivity contribution in [3.63, 3.8) is 0 Å². The van der Waals surface area contributed by atoms with Crippen molar-refractivity contribution in [3.05, 3.63) is 95.6 Å². The van der Waals surface area contributed by atoms with Crippen LogP contribution < -0.4 is 37.9 Å². The molecular weight excluding hydrogens is 1630 g/mol. The molecule has 0 amide bonds. The van der Waals surface area contributed by atoms with Crippen molar-refractivity contribution in [2.75, 3.05) is 142 Å². The highest BCUT2D eigenvalue weighted by atomic mass is 35.5. The van der Waals surface area contributed by atoms with Crippen LogP contribution in [0.1, 0.15) is 200 Å². The summed E-state index contributed by atoms with van der Waals surface area (Å²) in [5, 5.41) is 21.0. The molecule has 0 unspecified atom stereocenters. The van der Waals surface area contributed by atoms with E-state index in [1.807, 2.05) is 12.1 Å². The van der Waals surface area contributed by atoms with Gasteiger partial charge in [0.2, 0.25) is 0 Å². The lowest BCUT2D eigenvalue weighted by Gasteiger charge is -2.53. The van der Waals surface area contributed by atoms with E-state index in [1.54, 1.807) is 113 Å². The summed E-state index contributed by atoms with van der Waals surface area (Å²) in [7, 11) is 24.7. The molecule has 12 fully saturated rings. The average Bonchev–Trinajstić information content (AvgIpc) is 1.78. The fourth-order valence-electron chi connectivity index (χ4n) is 18.1. The van der Waals surface area contributed by atoms with E-state index in [2.05, 4.69) is 14.8 Å². The minimum absolute atomic E-state index is 0. The fraction of sp³-hybridized carbons (Fsp3) is 0.576. The third kappa shape index (κ3) is 21.6. The van der Waals surface area contributed by atoms with Crippen LogP contribution in [0.15, 0.2) is 73.3 Å². The van der Waals surface area contributed by atoms with E-state index in [4.69, 9.17) is 82.1 Å². The number of rotatable bonds is 19. The van der Waals surface area contributed by atoms with E-state index in [0.717, 1.165) is 171 Å². The number of fused-ring (bicyclic) bond motifs is 16. The number of aromatic nitrogens is 4. The number of nitrogens with zero attached hydrogens (tertiary/aromatic N) is 6. The highest BCUT2D eigenvalue weighted by Gasteiger charge is 2.49. The molecule has 4 radical (unpaired) electrons. The van der Waals surface area contributed by atoms with Crippen LogP contribution in [0.5, 0.6) is 46.0 Å². The van der Waals surface area contributed by atoms with E-state index < -0.39 is 53.0 Å². The number of methoxy groups -OCH3 is 8. The number of quaternary nitrogens is 1. The van der Waals surface area contributed by atoms with E-state index in [1.165, 1.54) is 76.4 Å². The molecule has 0 spiro atoms. The molecule has 3 aliphatic carbocycles. The van der Waals surface area contributed by atoms with Crippen molar-refractivity contribution in [2.45, 2.75) is 181 Å². The van der Waals surface area contributed by atoms with Gasteiger partial charge in [0, 0.05) is 113 Å². The van der Waals surface area contributed by atoms with Crippen LogP contribution in [0.25, 0.3) is 43.6 Å². The molecule has 0 atom stereocenters. The molecule has 8 bridgehead atoms. The number of H-pyrrole nitrogens is 1. The van der Waals surface area contributed by atoms with Gasteiger partial charge in [0.25, 0.3) is 0 Å². The molecule has 125 heavy (non-hydrogen) atoms. The molecule has 4 aromatic carbocycles. The third-order valence-corrected chi connectivity index (χ3v) is 26.1. The lowest BCUT2D eigenvalue weighted by Crippen LogP contribution is -2.61. The van der Waals surface area contributed by atoms with Gasteiger partial charge in [0.05, 0.1) is 149 Å². The van der Waals surface area contributed by atoms with Gasteiger partial charge in [-0.05, 0) is 189 Å². The van der Waals surface area contributed by atoms with Crippen molar-refractivity contribution in [1.29, 1.82) is 0 Å². The molecule has 8 aromatic rings. The second kappa shape index (κ2) is 38.3. The fourth-order valence-corrected chi connectivity index (χ4v) is 18.1. The Balaban J connectivity index is 0.000000156. The average molecular weight is 1750 g/mol. The largest absolute Gasteiger partial charge is 0.493 e. The molecule has 33 heteroatoms. The smallest absolute Gasteiger partial charge is 0.481 e. The first-order valence-corrected chi connectivity index (χ1v) is 42.6. The normalized spacial score (nSPS) is 23.7. The van der Waals surface area contributed by atoms with E-state index in [9.17, 15) is 43.8 Å². The van der Waals surface area contributed by atoms with Gasteiger partial charge in [-0.2, -0.15) is 0 Å². The van der Waals surface area contributed by atoms with Crippen molar-refractivity contribution in [2.24, 2.45) is 21.7 Å². The predicted molar refractivity (Wildman–Crippen MR) is 474 cm³/mol. The number of carboxylic acid groups (broad SMARTS) is 1. The van der Waals surface area contributed by atoms with Gasteiger partial charge in [0.1, 0.15) is 16.8 Å². The Morgan fingerprint density at radius 1 is 0.392 bits per heavy atom. The number of aromatic amines is 1. The SMILES string of the molecule is COc1cc2[nH]cc(C(=O)OCC34CCN(CC3)CC4)c2cc1OC.COc1cc2c(C(=O)O)cn(C(=O)OC(C)(C)C)c2cc1OC.COc1cc2c(C(=O)OCC34CCN(CC3)CC4)cn(C(=O)OC(C)(C)C)c2cc1OC.Cl.[B]C12CCC(CO)(CC1)CC2.[B][N+]12CCC(COC(=O)c3cn(C(=O)OC(C)(C)C)c4cc(OC)c(OC)cc34)(CC1)CC2. The predicted octanol–water partition coefficient (Wildman–Crippen LogP) is 15.8. The van der Waals surface area contributed by atoms with Gasteiger partial charge in [0.15, 0.2) is 46.0 Å². The monoisotopic (exact) mass is 1750 g/mol. The molecule has 20 rings (SSSR count).